The third-order valence-electron chi connectivity index (χ3n) is 3.14. The van der Waals surface area contributed by atoms with E-state index >= 15 is 0 Å². The number of amides is 1. The van der Waals surface area contributed by atoms with E-state index in [2.05, 4.69) is 5.32 Å². The first-order valence-electron chi connectivity index (χ1n) is 7.28. The maximum atomic E-state index is 12.2. The summed E-state index contributed by atoms with van der Waals surface area (Å²) in [6.45, 7) is 2.42. The van der Waals surface area contributed by atoms with Gasteiger partial charge in [-0.2, -0.15) is 5.26 Å². The standard InChI is InChI=1S/C18H14Cl2N2O3/c1-2-25-14-5-3-13(4-6-14)22-18(24)12(10-21)7-11-8-15(19)17(23)16(20)9-11/h3-9,23H,2H2,1H3,(H,22,24)/b12-7+. The van der Waals surface area contributed by atoms with E-state index in [1.807, 2.05) is 13.0 Å². The van der Waals surface area contributed by atoms with Crippen LogP contribution in [0.2, 0.25) is 10.0 Å². The predicted molar refractivity (Wildman–Crippen MR) is 98.0 cm³/mol. The number of benzene rings is 2. The average Bonchev–Trinajstić information content (AvgIpc) is 2.59. The van der Waals surface area contributed by atoms with Crippen LogP contribution in [0, 0.1) is 11.3 Å². The fourth-order valence-electron chi connectivity index (χ4n) is 1.98. The molecule has 2 aromatic carbocycles. The summed E-state index contributed by atoms with van der Waals surface area (Å²) in [6.07, 6.45) is 1.33. The van der Waals surface area contributed by atoms with Gasteiger partial charge in [-0.15, -0.1) is 0 Å². The molecule has 0 saturated carbocycles. The summed E-state index contributed by atoms with van der Waals surface area (Å²) in [5.74, 6) is -0.144. The van der Waals surface area contributed by atoms with Crippen molar-refractivity contribution in [3.8, 4) is 17.6 Å². The van der Waals surface area contributed by atoms with Gasteiger partial charge in [0.05, 0.1) is 16.7 Å². The normalized spacial score (nSPS) is 10.9. The van der Waals surface area contributed by atoms with Crippen molar-refractivity contribution in [2.75, 3.05) is 11.9 Å². The Morgan fingerprint density at radius 2 is 1.88 bits per heavy atom. The van der Waals surface area contributed by atoms with Gasteiger partial charge in [-0.05, 0) is 55.0 Å². The number of halogens is 2. The summed E-state index contributed by atoms with van der Waals surface area (Å²) in [7, 11) is 0. The molecule has 0 aliphatic rings. The van der Waals surface area contributed by atoms with Gasteiger partial charge in [0.1, 0.15) is 17.4 Å². The Morgan fingerprint density at radius 3 is 2.40 bits per heavy atom. The fraction of sp³-hybridized carbons (Fsp3) is 0.111. The molecule has 0 atom stereocenters. The van der Waals surface area contributed by atoms with E-state index in [0.29, 0.717) is 23.6 Å². The van der Waals surface area contributed by atoms with Crippen molar-refractivity contribution in [1.82, 2.24) is 0 Å². The zero-order valence-corrected chi connectivity index (χ0v) is 14.7. The molecular weight excluding hydrogens is 363 g/mol. The lowest BCUT2D eigenvalue weighted by Crippen LogP contribution is -2.13. The van der Waals surface area contributed by atoms with Crippen LogP contribution in [0.3, 0.4) is 0 Å². The third kappa shape index (κ3) is 4.90. The molecule has 0 aliphatic carbocycles. The van der Waals surface area contributed by atoms with Gasteiger partial charge in [-0.25, -0.2) is 0 Å². The number of carbonyl (C=O) groups excluding carboxylic acids is 1. The highest BCUT2D eigenvalue weighted by Crippen LogP contribution is 2.33. The predicted octanol–water partition coefficient (Wildman–Crippen LogP) is 4.64. The number of hydrogen-bond donors (Lipinski definition) is 2. The molecule has 0 unspecified atom stereocenters. The third-order valence-corrected chi connectivity index (χ3v) is 3.71. The number of aromatic hydroxyl groups is 1. The van der Waals surface area contributed by atoms with E-state index < -0.39 is 5.91 Å². The highest BCUT2D eigenvalue weighted by Gasteiger charge is 2.12. The van der Waals surface area contributed by atoms with Gasteiger partial charge in [0, 0.05) is 5.69 Å². The molecule has 0 spiro atoms. The van der Waals surface area contributed by atoms with Crippen molar-refractivity contribution < 1.29 is 14.6 Å². The highest BCUT2D eigenvalue weighted by atomic mass is 35.5. The molecule has 7 heteroatoms. The second-order valence-electron chi connectivity index (χ2n) is 4.91. The van der Waals surface area contributed by atoms with Crippen molar-refractivity contribution in [3.63, 3.8) is 0 Å². The number of phenolic OH excluding ortho intramolecular Hbond substituents is 1. The molecule has 0 radical (unpaired) electrons. The van der Waals surface area contributed by atoms with Crippen LogP contribution >= 0.6 is 23.2 Å². The minimum atomic E-state index is -0.577. The van der Waals surface area contributed by atoms with Crippen LogP contribution in [0.25, 0.3) is 6.08 Å². The van der Waals surface area contributed by atoms with E-state index in [0.717, 1.165) is 0 Å². The molecule has 0 heterocycles. The number of ether oxygens (including phenoxy) is 1. The first-order valence-corrected chi connectivity index (χ1v) is 8.04. The van der Waals surface area contributed by atoms with Crippen LogP contribution in [0.4, 0.5) is 5.69 Å². The lowest BCUT2D eigenvalue weighted by Gasteiger charge is -2.07. The van der Waals surface area contributed by atoms with E-state index in [-0.39, 0.29) is 21.4 Å². The van der Waals surface area contributed by atoms with E-state index in [9.17, 15) is 15.2 Å². The second-order valence-corrected chi connectivity index (χ2v) is 5.73. The number of carbonyl (C=O) groups is 1. The summed E-state index contributed by atoms with van der Waals surface area (Å²) in [6, 6.07) is 11.4. The maximum absolute atomic E-state index is 12.2. The topological polar surface area (TPSA) is 82.3 Å². The van der Waals surface area contributed by atoms with Gasteiger partial charge in [0.25, 0.3) is 5.91 Å². The first kappa shape index (κ1) is 18.7. The lowest BCUT2D eigenvalue weighted by atomic mass is 10.1. The van der Waals surface area contributed by atoms with E-state index in [4.69, 9.17) is 27.9 Å². The zero-order chi connectivity index (χ0) is 18.4. The smallest absolute Gasteiger partial charge is 0.266 e. The number of anilines is 1. The molecule has 2 aromatic rings. The molecular formula is C18H14Cl2N2O3. The summed E-state index contributed by atoms with van der Waals surface area (Å²) in [5, 5.41) is 21.5. The van der Waals surface area contributed by atoms with Crippen molar-refractivity contribution in [2.24, 2.45) is 0 Å². The number of nitriles is 1. The maximum Gasteiger partial charge on any atom is 0.266 e. The Labute approximate surface area is 155 Å². The van der Waals surface area contributed by atoms with Gasteiger partial charge in [-0.1, -0.05) is 23.2 Å². The summed E-state index contributed by atoms with van der Waals surface area (Å²) >= 11 is 11.7. The molecule has 0 fully saturated rings. The molecule has 0 aromatic heterocycles. The van der Waals surface area contributed by atoms with Gasteiger partial charge < -0.3 is 15.2 Å². The van der Waals surface area contributed by atoms with Gasteiger partial charge in [-0.3, -0.25) is 4.79 Å². The quantitative estimate of drug-likeness (QED) is 0.587. The van der Waals surface area contributed by atoms with Crippen molar-refractivity contribution >= 4 is 40.9 Å². The Morgan fingerprint density at radius 1 is 1.28 bits per heavy atom. The molecule has 0 bridgehead atoms. The van der Waals surface area contributed by atoms with Crippen molar-refractivity contribution in [2.45, 2.75) is 6.92 Å². The van der Waals surface area contributed by atoms with Crippen LogP contribution in [0.1, 0.15) is 12.5 Å². The zero-order valence-electron chi connectivity index (χ0n) is 13.2. The molecule has 128 valence electrons. The number of nitrogens with one attached hydrogen (secondary N) is 1. The Bertz CT molecular complexity index is 833. The Kier molecular flexibility index (Phi) is 6.29. The molecule has 0 saturated heterocycles. The van der Waals surface area contributed by atoms with E-state index in [1.54, 1.807) is 24.3 Å². The van der Waals surface area contributed by atoms with E-state index in [1.165, 1.54) is 18.2 Å². The number of hydrogen-bond acceptors (Lipinski definition) is 4. The molecule has 25 heavy (non-hydrogen) atoms. The average molecular weight is 377 g/mol. The molecule has 5 nitrogen and oxygen atoms in total. The number of rotatable bonds is 5. The van der Waals surface area contributed by atoms with Gasteiger partial charge in [0.2, 0.25) is 0 Å². The molecule has 2 N–H and O–H groups in total. The summed E-state index contributed by atoms with van der Waals surface area (Å²) in [5.41, 5.74) is 0.814. The molecule has 1 amide bonds. The van der Waals surface area contributed by atoms with Crippen LogP contribution in [-0.4, -0.2) is 17.6 Å². The molecule has 0 aliphatic heterocycles. The van der Waals surface area contributed by atoms with Crippen LogP contribution in [0.15, 0.2) is 42.0 Å². The number of phenols is 1. The number of nitrogens with zero attached hydrogens (tertiary/aromatic N) is 1. The van der Waals surface area contributed by atoms with Crippen LogP contribution in [0.5, 0.6) is 11.5 Å². The van der Waals surface area contributed by atoms with Crippen molar-refractivity contribution in [3.05, 3.63) is 57.6 Å². The van der Waals surface area contributed by atoms with Crippen LogP contribution in [-0.2, 0) is 4.79 Å². The Balaban J connectivity index is 2.19. The summed E-state index contributed by atoms with van der Waals surface area (Å²) < 4.78 is 5.32. The van der Waals surface area contributed by atoms with Crippen LogP contribution < -0.4 is 10.1 Å². The monoisotopic (exact) mass is 376 g/mol. The minimum absolute atomic E-state index is 0.0305. The molecule has 2 rings (SSSR count). The Hall–Kier alpha value is -2.68. The SMILES string of the molecule is CCOc1ccc(NC(=O)/C(C#N)=C/c2cc(Cl)c(O)c(Cl)c2)cc1. The summed E-state index contributed by atoms with van der Waals surface area (Å²) in [4.78, 5) is 12.2. The van der Waals surface area contributed by atoms with Gasteiger partial charge in [0.15, 0.2) is 5.75 Å². The largest absolute Gasteiger partial charge is 0.505 e. The second kappa shape index (κ2) is 8.43. The lowest BCUT2D eigenvalue weighted by molar-refractivity contribution is -0.112. The van der Waals surface area contributed by atoms with Gasteiger partial charge >= 0.3 is 0 Å². The highest BCUT2D eigenvalue weighted by molar-refractivity contribution is 6.37. The minimum Gasteiger partial charge on any atom is -0.505 e. The van der Waals surface area contributed by atoms with Crippen molar-refractivity contribution in [1.29, 1.82) is 5.26 Å². The fourth-order valence-corrected chi connectivity index (χ4v) is 2.49. The first-order chi connectivity index (χ1) is 11.9.